The van der Waals surface area contributed by atoms with E-state index in [1.54, 1.807) is 12.1 Å². The van der Waals surface area contributed by atoms with Crippen LogP contribution in [0.15, 0.2) is 52.3 Å². The van der Waals surface area contributed by atoms with Crippen LogP contribution in [0.1, 0.15) is 15.9 Å². The molecule has 0 bridgehead atoms. The van der Waals surface area contributed by atoms with Crippen molar-refractivity contribution in [1.29, 1.82) is 0 Å². The summed E-state index contributed by atoms with van der Waals surface area (Å²) >= 11 is 0.894. The van der Waals surface area contributed by atoms with Gasteiger partial charge >= 0.3 is 12.1 Å². The van der Waals surface area contributed by atoms with Crippen LogP contribution in [0.25, 0.3) is 0 Å². The van der Waals surface area contributed by atoms with Crippen molar-refractivity contribution in [2.75, 3.05) is 5.73 Å². The number of alkyl halides is 3. The van der Waals surface area contributed by atoms with Crippen molar-refractivity contribution in [2.24, 2.45) is 0 Å². The Hall–Kier alpha value is -2.15. The van der Waals surface area contributed by atoms with Crippen molar-refractivity contribution < 1.29 is 23.1 Å². The molecule has 0 saturated carbocycles. The van der Waals surface area contributed by atoms with Crippen molar-refractivity contribution in [1.82, 2.24) is 0 Å². The third-order valence-corrected chi connectivity index (χ3v) is 3.83. The normalized spacial score (nSPS) is 11.4. The fourth-order valence-corrected chi connectivity index (χ4v) is 2.67. The molecule has 0 saturated heterocycles. The van der Waals surface area contributed by atoms with Crippen molar-refractivity contribution >= 4 is 23.4 Å². The quantitative estimate of drug-likeness (QED) is 0.836. The molecule has 0 heterocycles. The molecule has 3 nitrogen and oxygen atoms in total. The van der Waals surface area contributed by atoms with Crippen LogP contribution in [0.2, 0.25) is 0 Å². The van der Waals surface area contributed by atoms with E-state index < -0.39 is 17.7 Å². The minimum Gasteiger partial charge on any atom is -0.478 e. The molecular weight excluding hydrogens is 303 g/mol. The number of anilines is 1. The monoisotopic (exact) mass is 313 g/mol. The van der Waals surface area contributed by atoms with Crippen LogP contribution in [-0.2, 0) is 6.18 Å². The maximum Gasteiger partial charge on any atom is 0.416 e. The van der Waals surface area contributed by atoms with E-state index in [0.29, 0.717) is 4.90 Å². The van der Waals surface area contributed by atoms with E-state index in [1.807, 2.05) is 0 Å². The standard InChI is InChI=1S/C14H10F3NO2S/c15-14(16,17)8-5-6-10(18)12(7-8)21-11-4-2-1-3-9(11)13(19)20/h1-7H,18H2,(H,19,20). The van der Waals surface area contributed by atoms with Gasteiger partial charge in [0.1, 0.15) is 0 Å². The van der Waals surface area contributed by atoms with Gasteiger partial charge in [-0.25, -0.2) is 4.79 Å². The van der Waals surface area contributed by atoms with Gasteiger partial charge in [-0.3, -0.25) is 0 Å². The second-order valence-electron chi connectivity index (χ2n) is 4.15. The Morgan fingerprint density at radius 2 is 1.76 bits per heavy atom. The summed E-state index contributed by atoms with van der Waals surface area (Å²) in [5.41, 5.74) is 5.02. The summed E-state index contributed by atoms with van der Waals surface area (Å²) in [5.74, 6) is -1.15. The zero-order valence-electron chi connectivity index (χ0n) is 10.5. The molecule has 7 heteroatoms. The van der Waals surface area contributed by atoms with Gasteiger partial charge in [0.25, 0.3) is 0 Å². The fraction of sp³-hybridized carbons (Fsp3) is 0.0714. The van der Waals surface area contributed by atoms with Gasteiger partial charge in [0.15, 0.2) is 0 Å². The van der Waals surface area contributed by atoms with Crippen LogP contribution in [0.5, 0.6) is 0 Å². The highest BCUT2D eigenvalue weighted by Crippen LogP contribution is 2.38. The van der Waals surface area contributed by atoms with Crippen LogP contribution in [0.3, 0.4) is 0 Å². The zero-order valence-corrected chi connectivity index (χ0v) is 11.3. The predicted octanol–water partition coefficient (Wildman–Crippen LogP) is 4.14. The number of hydrogen-bond acceptors (Lipinski definition) is 3. The first-order valence-electron chi connectivity index (χ1n) is 5.76. The minimum atomic E-state index is -4.48. The Morgan fingerprint density at radius 1 is 1.10 bits per heavy atom. The summed E-state index contributed by atoms with van der Waals surface area (Å²) in [6.45, 7) is 0. The Kier molecular flexibility index (Phi) is 4.13. The molecular formula is C14H10F3NO2S. The lowest BCUT2D eigenvalue weighted by molar-refractivity contribution is -0.137. The van der Waals surface area contributed by atoms with Crippen molar-refractivity contribution in [3.63, 3.8) is 0 Å². The average Bonchev–Trinajstić information content (AvgIpc) is 2.40. The topological polar surface area (TPSA) is 63.3 Å². The molecule has 0 amide bonds. The van der Waals surface area contributed by atoms with Crippen molar-refractivity contribution in [3.8, 4) is 0 Å². The van der Waals surface area contributed by atoms with Crippen LogP contribution in [0.4, 0.5) is 18.9 Å². The average molecular weight is 313 g/mol. The highest BCUT2D eigenvalue weighted by atomic mass is 32.2. The molecule has 2 rings (SSSR count). The molecule has 0 atom stereocenters. The zero-order chi connectivity index (χ0) is 15.6. The van der Waals surface area contributed by atoms with Crippen molar-refractivity contribution in [2.45, 2.75) is 16.0 Å². The van der Waals surface area contributed by atoms with Crippen LogP contribution in [0, 0.1) is 0 Å². The molecule has 2 aromatic carbocycles. The second kappa shape index (κ2) is 5.69. The SMILES string of the molecule is Nc1ccc(C(F)(F)F)cc1Sc1ccccc1C(=O)O. The highest BCUT2D eigenvalue weighted by Gasteiger charge is 2.31. The number of hydrogen-bond donors (Lipinski definition) is 2. The lowest BCUT2D eigenvalue weighted by Gasteiger charge is -2.12. The number of aromatic carboxylic acids is 1. The minimum absolute atomic E-state index is 0.0133. The van der Waals surface area contributed by atoms with Gasteiger partial charge in [0.2, 0.25) is 0 Å². The van der Waals surface area contributed by atoms with Crippen LogP contribution in [-0.4, -0.2) is 11.1 Å². The Labute approximate surface area is 122 Å². The van der Waals surface area contributed by atoms with Gasteiger partial charge in [-0.15, -0.1) is 0 Å². The summed E-state index contributed by atoms with van der Waals surface area (Å²) in [7, 11) is 0. The maximum absolute atomic E-state index is 12.7. The van der Waals surface area contributed by atoms with Gasteiger partial charge in [0, 0.05) is 15.5 Å². The smallest absolute Gasteiger partial charge is 0.416 e. The number of carboxylic acids is 1. The molecule has 110 valence electrons. The number of halogens is 3. The van der Waals surface area contributed by atoms with Gasteiger partial charge in [-0.2, -0.15) is 13.2 Å². The van der Waals surface area contributed by atoms with Gasteiger partial charge in [0.05, 0.1) is 11.1 Å². The van der Waals surface area contributed by atoms with E-state index in [-0.39, 0.29) is 16.1 Å². The Bertz CT molecular complexity index is 686. The fourth-order valence-electron chi connectivity index (χ4n) is 1.65. The number of benzene rings is 2. The first-order chi connectivity index (χ1) is 9.79. The van der Waals surface area contributed by atoms with E-state index in [2.05, 4.69) is 0 Å². The Balaban J connectivity index is 2.43. The number of carboxylic acid groups (broad SMARTS) is 1. The van der Waals surface area contributed by atoms with Crippen molar-refractivity contribution in [3.05, 3.63) is 53.6 Å². The van der Waals surface area contributed by atoms with Gasteiger partial charge in [-0.05, 0) is 30.3 Å². The summed E-state index contributed by atoms with van der Waals surface area (Å²) in [4.78, 5) is 11.6. The number of nitrogen functional groups attached to an aromatic ring is 1. The van der Waals surface area contributed by atoms with Gasteiger partial charge < -0.3 is 10.8 Å². The number of nitrogens with two attached hydrogens (primary N) is 1. The number of carbonyl (C=O) groups is 1. The first kappa shape index (κ1) is 15.2. The first-order valence-corrected chi connectivity index (χ1v) is 6.57. The maximum atomic E-state index is 12.7. The molecule has 0 fully saturated rings. The molecule has 0 aliphatic carbocycles. The second-order valence-corrected chi connectivity index (χ2v) is 5.24. The predicted molar refractivity (Wildman–Crippen MR) is 73.4 cm³/mol. The molecule has 0 aromatic heterocycles. The van der Waals surface area contributed by atoms with E-state index in [1.165, 1.54) is 12.1 Å². The van der Waals surface area contributed by atoms with E-state index in [9.17, 15) is 18.0 Å². The molecule has 2 aromatic rings. The third-order valence-electron chi connectivity index (χ3n) is 2.68. The largest absolute Gasteiger partial charge is 0.478 e. The molecule has 0 aliphatic heterocycles. The molecule has 0 spiro atoms. The summed E-state index contributed by atoms with van der Waals surface area (Å²) in [5, 5.41) is 9.07. The Morgan fingerprint density at radius 3 is 2.38 bits per heavy atom. The van der Waals surface area contributed by atoms with E-state index in [0.717, 1.165) is 30.0 Å². The highest BCUT2D eigenvalue weighted by molar-refractivity contribution is 7.99. The lowest BCUT2D eigenvalue weighted by Crippen LogP contribution is -2.05. The lowest BCUT2D eigenvalue weighted by atomic mass is 10.2. The molecule has 21 heavy (non-hydrogen) atoms. The van der Waals surface area contributed by atoms with Crippen LogP contribution >= 0.6 is 11.8 Å². The summed E-state index contributed by atoms with van der Waals surface area (Å²) in [6, 6.07) is 9.03. The molecule has 0 radical (unpaired) electrons. The molecule has 3 N–H and O–H groups in total. The van der Waals surface area contributed by atoms with E-state index in [4.69, 9.17) is 10.8 Å². The van der Waals surface area contributed by atoms with E-state index >= 15 is 0 Å². The summed E-state index contributed by atoms with van der Waals surface area (Å²) < 4.78 is 38.1. The summed E-state index contributed by atoms with van der Waals surface area (Å²) in [6.07, 6.45) is -4.48. The van der Waals surface area contributed by atoms with Crippen LogP contribution < -0.4 is 5.73 Å². The molecule has 0 aliphatic rings. The number of rotatable bonds is 3. The van der Waals surface area contributed by atoms with Gasteiger partial charge in [-0.1, -0.05) is 23.9 Å². The molecule has 0 unspecified atom stereocenters. The third kappa shape index (κ3) is 3.49.